The monoisotopic (exact) mass is 863 g/mol. The van der Waals surface area contributed by atoms with Crippen molar-refractivity contribution in [1.29, 1.82) is 0 Å². The fourth-order valence-electron chi connectivity index (χ4n) is 10.3. The van der Waals surface area contributed by atoms with E-state index in [1.807, 2.05) is 0 Å². The Morgan fingerprint density at radius 1 is 0.313 bits per heavy atom. The number of anilines is 6. The third-order valence-electron chi connectivity index (χ3n) is 14.0. The lowest BCUT2D eigenvalue weighted by molar-refractivity contribution is 0.590. The molecule has 3 heteroatoms. The third kappa shape index (κ3) is 6.96. The van der Waals surface area contributed by atoms with Crippen LogP contribution in [0.4, 0.5) is 34.1 Å². The number of fused-ring (bicyclic) bond motifs is 8. The van der Waals surface area contributed by atoms with Crippen LogP contribution in [0.25, 0.3) is 70.8 Å². The van der Waals surface area contributed by atoms with Gasteiger partial charge in [-0.05, 0) is 181 Å². The highest BCUT2D eigenvalue weighted by atomic mass is 15.1. The molecule has 10 aromatic carbocycles. The number of aromatic nitrogens is 1. The first-order chi connectivity index (χ1) is 32.4. The van der Waals surface area contributed by atoms with Crippen molar-refractivity contribution in [3.63, 3.8) is 0 Å². The van der Waals surface area contributed by atoms with Gasteiger partial charge in [0.1, 0.15) is 0 Å². The molecule has 2 aromatic heterocycles. The molecule has 0 atom stereocenters. The molecule has 12 rings (SSSR count). The number of benzene rings is 10. The zero-order valence-electron chi connectivity index (χ0n) is 39.3. The van der Waals surface area contributed by atoms with Crippen molar-refractivity contribution in [2.45, 2.75) is 53.9 Å². The standard InChI is InChI=1S/C64H53N3/c1-40-8-22-51(23-9-40)65(52-24-10-41(2)11-25-52)55-30-18-45-34-57-59-36-49(44-16-20-50(21-17-44)64(5,6)7)37-60-58-35-46-19-31-56(33-48(46)39-62(58)67(63(59)60)61(57)38-47(45)32-55)66(53-26-12-42(3)13-27-53)54-28-14-43(4)15-29-54/h8-39H,1-7H3. The van der Waals surface area contributed by atoms with Crippen LogP contribution in [0.1, 0.15) is 48.6 Å². The number of hydrogen-bond donors (Lipinski definition) is 0. The highest BCUT2D eigenvalue weighted by Crippen LogP contribution is 2.46. The lowest BCUT2D eigenvalue weighted by Crippen LogP contribution is -2.10. The van der Waals surface area contributed by atoms with Gasteiger partial charge < -0.3 is 14.2 Å². The van der Waals surface area contributed by atoms with E-state index in [1.165, 1.54) is 98.6 Å². The summed E-state index contributed by atoms with van der Waals surface area (Å²) in [6.07, 6.45) is 0. The van der Waals surface area contributed by atoms with Crippen LogP contribution in [-0.2, 0) is 5.41 Å². The minimum Gasteiger partial charge on any atom is -0.310 e. The maximum Gasteiger partial charge on any atom is 0.0620 e. The summed E-state index contributed by atoms with van der Waals surface area (Å²) in [6, 6.07) is 73.2. The summed E-state index contributed by atoms with van der Waals surface area (Å²) in [6.45, 7) is 15.4. The molecule has 0 aliphatic heterocycles. The highest BCUT2D eigenvalue weighted by Gasteiger charge is 2.23. The Bertz CT molecular complexity index is 3520. The Morgan fingerprint density at radius 2 is 0.672 bits per heavy atom. The van der Waals surface area contributed by atoms with E-state index in [0.717, 1.165) is 34.1 Å². The normalized spacial score (nSPS) is 12.1. The van der Waals surface area contributed by atoms with E-state index in [-0.39, 0.29) is 5.41 Å². The fraction of sp³-hybridized carbons (Fsp3) is 0.125. The predicted molar refractivity (Wildman–Crippen MR) is 289 cm³/mol. The first-order valence-electron chi connectivity index (χ1n) is 23.6. The highest BCUT2D eigenvalue weighted by molar-refractivity contribution is 6.27. The van der Waals surface area contributed by atoms with Gasteiger partial charge >= 0.3 is 0 Å². The molecule has 0 unspecified atom stereocenters. The quantitative estimate of drug-likeness (QED) is 0.158. The fourth-order valence-corrected chi connectivity index (χ4v) is 10.3. The molecule has 0 amide bonds. The first kappa shape index (κ1) is 40.6. The largest absolute Gasteiger partial charge is 0.310 e. The SMILES string of the molecule is Cc1ccc(N(c2ccc(C)cc2)c2ccc3cc4c5cc(-c6ccc(C(C)(C)C)cc6)cc6c7cc8ccc(N(c9ccc(C)cc9)c9ccc(C)cc9)cc8cc7n(c4cc3c2)c56)cc1. The summed E-state index contributed by atoms with van der Waals surface area (Å²) in [4.78, 5) is 4.75. The molecule has 0 aliphatic carbocycles. The molecule has 324 valence electrons. The molecule has 0 saturated carbocycles. The first-order valence-corrected chi connectivity index (χ1v) is 23.6. The van der Waals surface area contributed by atoms with E-state index < -0.39 is 0 Å². The minimum absolute atomic E-state index is 0.0827. The number of hydrogen-bond acceptors (Lipinski definition) is 2. The Labute approximate surface area is 393 Å². The molecule has 0 aliphatic rings. The lowest BCUT2D eigenvalue weighted by Gasteiger charge is -2.26. The molecule has 0 N–H and O–H groups in total. The molecule has 2 heterocycles. The molecule has 0 saturated heterocycles. The van der Waals surface area contributed by atoms with Gasteiger partial charge in [0, 0.05) is 55.7 Å². The van der Waals surface area contributed by atoms with Crippen molar-refractivity contribution >= 4 is 93.8 Å². The molecule has 67 heavy (non-hydrogen) atoms. The van der Waals surface area contributed by atoms with Gasteiger partial charge in [0.25, 0.3) is 0 Å². The summed E-state index contributed by atoms with van der Waals surface area (Å²) in [5.74, 6) is 0. The smallest absolute Gasteiger partial charge is 0.0620 e. The van der Waals surface area contributed by atoms with Gasteiger partial charge in [-0.25, -0.2) is 0 Å². The van der Waals surface area contributed by atoms with Crippen LogP contribution in [-0.4, -0.2) is 4.40 Å². The molecule has 0 radical (unpaired) electrons. The Balaban J connectivity index is 1.10. The summed E-state index contributed by atoms with van der Waals surface area (Å²) in [5.41, 5.74) is 19.4. The Kier molecular flexibility index (Phi) is 9.31. The summed E-state index contributed by atoms with van der Waals surface area (Å²) >= 11 is 0. The molecule has 0 spiro atoms. The molecular formula is C64H53N3. The van der Waals surface area contributed by atoms with Gasteiger partial charge in [-0.1, -0.05) is 128 Å². The van der Waals surface area contributed by atoms with Crippen LogP contribution in [0.15, 0.2) is 194 Å². The lowest BCUT2D eigenvalue weighted by atomic mass is 9.86. The minimum atomic E-state index is 0.0827. The summed E-state index contributed by atoms with van der Waals surface area (Å²) < 4.78 is 2.55. The van der Waals surface area contributed by atoms with Crippen LogP contribution < -0.4 is 9.80 Å². The van der Waals surface area contributed by atoms with Crippen LogP contribution >= 0.6 is 0 Å². The van der Waals surface area contributed by atoms with Gasteiger partial charge in [-0.3, -0.25) is 0 Å². The third-order valence-corrected chi connectivity index (χ3v) is 14.0. The topological polar surface area (TPSA) is 10.9 Å². The maximum absolute atomic E-state index is 2.55. The Hall–Kier alpha value is -7.88. The maximum atomic E-state index is 2.55. The molecular weight excluding hydrogens is 811 g/mol. The van der Waals surface area contributed by atoms with E-state index in [4.69, 9.17) is 0 Å². The van der Waals surface area contributed by atoms with Crippen molar-refractivity contribution in [2.75, 3.05) is 9.80 Å². The average molecular weight is 864 g/mol. The summed E-state index contributed by atoms with van der Waals surface area (Å²) in [5, 5.41) is 9.94. The average Bonchev–Trinajstić information content (AvgIpc) is 3.82. The van der Waals surface area contributed by atoms with E-state index >= 15 is 0 Å². The number of nitrogens with zero attached hydrogens (tertiary/aromatic N) is 3. The molecule has 3 nitrogen and oxygen atoms in total. The predicted octanol–water partition coefficient (Wildman–Crippen LogP) is 18.3. The van der Waals surface area contributed by atoms with Crippen molar-refractivity contribution in [2.24, 2.45) is 0 Å². The van der Waals surface area contributed by atoms with Crippen molar-refractivity contribution < 1.29 is 0 Å². The second kappa shape index (κ2) is 15.4. The van der Waals surface area contributed by atoms with Gasteiger partial charge in [-0.2, -0.15) is 0 Å². The second-order valence-electron chi connectivity index (χ2n) is 19.9. The zero-order valence-corrected chi connectivity index (χ0v) is 39.3. The van der Waals surface area contributed by atoms with Crippen LogP contribution in [0.3, 0.4) is 0 Å². The molecule has 0 fully saturated rings. The van der Waals surface area contributed by atoms with E-state index in [2.05, 4.69) is 257 Å². The van der Waals surface area contributed by atoms with Crippen LogP contribution in [0.5, 0.6) is 0 Å². The van der Waals surface area contributed by atoms with Crippen LogP contribution in [0.2, 0.25) is 0 Å². The van der Waals surface area contributed by atoms with E-state index in [0.29, 0.717) is 0 Å². The summed E-state index contributed by atoms with van der Waals surface area (Å²) in [7, 11) is 0. The zero-order chi connectivity index (χ0) is 45.7. The van der Waals surface area contributed by atoms with Gasteiger partial charge in [0.05, 0.1) is 16.6 Å². The van der Waals surface area contributed by atoms with E-state index in [9.17, 15) is 0 Å². The Morgan fingerprint density at radius 3 is 1.03 bits per heavy atom. The van der Waals surface area contributed by atoms with Crippen molar-refractivity contribution in [3.05, 3.63) is 222 Å². The number of rotatable bonds is 7. The van der Waals surface area contributed by atoms with Crippen LogP contribution in [0, 0.1) is 27.7 Å². The van der Waals surface area contributed by atoms with Gasteiger partial charge in [-0.15, -0.1) is 0 Å². The molecule has 0 bridgehead atoms. The molecule has 12 aromatic rings. The number of aryl methyl sites for hydroxylation is 4. The van der Waals surface area contributed by atoms with Crippen molar-refractivity contribution in [1.82, 2.24) is 4.40 Å². The van der Waals surface area contributed by atoms with E-state index in [1.54, 1.807) is 0 Å². The van der Waals surface area contributed by atoms with Gasteiger partial charge in [0.15, 0.2) is 0 Å². The van der Waals surface area contributed by atoms with Crippen molar-refractivity contribution in [3.8, 4) is 11.1 Å². The second-order valence-corrected chi connectivity index (χ2v) is 19.9. The van der Waals surface area contributed by atoms with Gasteiger partial charge in [0.2, 0.25) is 0 Å².